The maximum Gasteiger partial charge on any atom is 0.416 e. The van der Waals surface area contributed by atoms with Crippen LogP contribution in [0.5, 0.6) is 5.75 Å². The quantitative estimate of drug-likeness (QED) is 0.883. The number of nitrogens with one attached hydrogen (secondary N) is 1. The standard InChI is InChI=1S/C14H17NO3/c1-10(2)7-11-3-5-12(6-4-11)17-9-13-8-15-14(16)18-13/h3-6,8,10H,7,9H2,1-2H3,(H,15,16). The molecule has 4 heteroatoms. The van der Waals surface area contributed by atoms with E-state index in [9.17, 15) is 4.79 Å². The summed E-state index contributed by atoms with van der Waals surface area (Å²) in [5, 5.41) is 0. The molecule has 1 aromatic carbocycles. The van der Waals surface area contributed by atoms with Crippen LogP contribution < -0.4 is 10.5 Å². The molecule has 0 aliphatic carbocycles. The van der Waals surface area contributed by atoms with Gasteiger partial charge in [-0.3, -0.25) is 4.98 Å². The van der Waals surface area contributed by atoms with Crippen LogP contribution in [0.3, 0.4) is 0 Å². The minimum atomic E-state index is -0.458. The maximum absolute atomic E-state index is 10.8. The zero-order valence-electron chi connectivity index (χ0n) is 10.6. The van der Waals surface area contributed by atoms with Crippen molar-refractivity contribution in [3.8, 4) is 5.75 Å². The molecule has 2 rings (SSSR count). The molecule has 1 aromatic heterocycles. The molecule has 4 nitrogen and oxygen atoms in total. The largest absolute Gasteiger partial charge is 0.486 e. The summed E-state index contributed by atoms with van der Waals surface area (Å²) in [4.78, 5) is 13.2. The first-order valence-electron chi connectivity index (χ1n) is 6.02. The SMILES string of the molecule is CC(C)Cc1ccc(OCc2c[nH]c(=O)o2)cc1. The number of oxazole rings is 1. The monoisotopic (exact) mass is 247 g/mol. The lowest BCUT2D eigenvalue weighted by Gasteiger charge is -2.07. The molecule has 18 heavy (non-hydrogen) atoms. The summed E-state index contributed by atoms with van der Waals surface area (Å²) >= 11 is 0. The Labute approximate surface area is 106 Å². The topological polar surface area (TPSA) is 55.2 Å². The van der Waals surface area contributed by atoms with Crippen molar-refractivity contribution in [1.82, 2.24) is 4.98 Å². The van der Waals surface area contributed by atoms with Crippen molar-refractivity contribution in [2.75, 3.05) is 0 Å². The van der Waals surface area contributed by atoms with Gasteiger partial charge in [-0.25, -0.2) is 4.79 Å². The van der Waals surface area contributed by atoms with Crippen LogP contribution in [-0.4, -0.2) is 4.98 Å². The lowest BCUT2D eigenvalue weighted by atomic mass is 10.0. The molecule has 0 atom stereocenters. The maximum atomic E-state index is 10.8. The van der Waals surface area contributed by atoms with E-state index in [4.69, 9.17) is 9.15 Å². The highest BCUT2D eigenvalue weighted by Crippen LogP contribution is 2.16. The second-order valence-corrected chi connectivity index (χ2v) is 4.68. The summed E-state index contributed by atoms with van der Waals surface area (Å²) < 4.78 is 10.4. The molecule has 0 spiro atoms. The summed E-state index contributed by atoms with van der Waals surface area (Å²) in [6, 6.07) is 7.98. The molecule has 0 saturated heterocycles. The van der Waals surface area contributed by atoms with Gasteiger partial charge in [0.05, 0.1) is 0 Å². The van der Waals surface area contributed by atoms with Gasteiger partial charge in [-0.1, -0.05) is 26.0 Å². The van der Waals surface area contributed by atoms with Gasteiger partial charge >= 0.3 is 5.76 Å². The average molecular weight is 247 g/mol. The van der Waals surface area contributed by atoms with Crippen LogP contribution in [0.2, 0.25) is 0 Å². The first kappa shape index (κ1) is 12.5. The molecule has 0 unspecified atom stereocenters. The van der Waals surface area contributed by atoms with Crippen LogP contribution in [0.25, 0.3) is 0 Å². The molecule has 0 amide bonds. The van der Waals surface area contributed by atoms with Gasteiger partial charge in [0.1, 0.15) is 12.4 Å². The van der Waals surface area contributed by atoms with Crippen molar-refractivity contribution < 1.29 is 9.15 Å². The van der Waals surface area contributed by atoms with Crippen LogP contribution in [0.15, 0.2) is 39.7 Å². The zero-order valence-corrected chi connectivity index (χ0v) is 10.6. The van der Waals surface area contributed by atoms with Crippen LogP contribution in [0, 0.1) is 5.92 Å². The minimum Gasteiger partial charge on any atom is -0.486 e. The van der Waals surface area contributed by atoms with E-state index in [2.05, 4.69) is 31.0 Å². The number of rotatable bonds is 5. The van der Waals surface area contributed by atoms with Crippen molar-refractivity contribution in [2.45, 2.75) is 26.9 Å². The van der Waals surface area contributed by atoms with Gasteiger partial charge in [-0.05, 0) is 30.0 Å². The third kappa shape index (κ3) is 3.52. The Morgan fingerprint density at radius 3 is 2.56 bits per heavy atom. The van der Waals surface area contributed by atoms with E-state index < -0.39 is 5.76 Å². The smallest absolute Gasteiger partial charge is 0.416 e. The molecule has 0 saturated carbocycles. The molecule has 1 heterocycles. The van der Waals surface area contributed by atoms with Crippen molar-refractivity contribution in [1.29, 1.82) is 0 Å². The van der Waals surface area contributed by atoms with E-state index in [1.807, 2.05) is 12.1 Å². The van der Waals surface area contributed by atoms with Gasteiger partial charge in [0.15, 0.2) is 5.76 Å². The van der Waals surface area contributed by atoms with E-state index >= 15 is 0 Å². The second-order valence-electron chi connectivity index (χ2n) is 4.68. The van der Waals surface area contributed by atoms with Crippen molar-refractivity contribution >= 4 is 0 Å². The van der Waals surface area contributed by atoms with Gasteiger partial charge in [0.25, 0.3) is 0 Å². The summed E-state index contributed by atoms with van der Waals surface area (Å²) in [5.41, 5.74) is 1.30. The van der Waals surface area contributed by atoms with Crippen LogP contribution >= 0.6 is 0 Å². The molecule has 96 valence electrons. The Hall–Kier alpha value is -1.97. The van der Waals surface area contributed by atoms with Crippen molar-refractivity contribution in [3.63, 3.8) is 0 Å². The van der Waals surface area contributed by atoms with Crippen LogP contribution in [0.1, 0.15) is 25.2 Å². The fourth-order valence-electron chi connectivity index (χ4n) is 1.74. The van der Waals surface area contributed by atoms with Crippen molar-refractivity contribution in [3.05, 3.63) is 52.3 Å². The normalized spacial score (nSPS) is 10.8. The van der Waals surface area contributed by atoms with Gasteiger partial charge in [0, 0.05) is 6.20 Å². The average Bonchev–Trinajstić information content (AvgIpc) is 2.74. The molecule has 0 bridgehead atoms. The van der Waals surface area contributed by atoms with E-state index in [0.717, 1.165) is 12.2 Å². The van der Waals surface area contributed by atoms with Crippen molar-refractivity contribution in [2.24, 2.45) is 5.92 Å². The molecule has 0 aliphatic rings. The molecule has 1 N–H and O–H groups in total. The Morgan fingerprint density at radius 1 is 1.28 bits per heavy atom. The van der Waals surface area contributed by atoms with E-state index in [1.165, 1.54) is 11.8 Å². The summed E-state index contributed by atoms with van der Waals surface area (Å²) in [7, 11) is 0. The molecular weight excluding hydrogens is 230 g/mol. The van der Waals surface area contributed by atoms with Gasteiger partial charge in [-0.15, -0.1) is 0 Å². The number of aromatic amines is 1. The molecule has 0 radical (unpaired) electrons. The predicted molar refractivity (Wildman–Crippen MR) is 68.6 cm³/mol. The Morgan fingerprint density at radius 2 is 2.00 bits per heavy atom. The number of benzene rings is 1. The van der Waals surface area contributed by atoms with Crippen LogP contribution in [0.4, 0.5) is 0 Å². The molecule has 0 aliphatic heterocycles. The molecular formula is C14H17NO3. The summed E-state index contributed by atoms with van der Waals surface area (Å²) in [6.07, 6.45) is 2.57. The number of hydrogen-bond donors (Lipinski definition) is 1. The summed E-state index contributed by atoms with van der Waals surface area (Å²) in [6.45, 7) is 4.64. The first-order chi connectivity index (χ1) is 8.63. The molecule has 2 aromatic rings. The Bertz CT molecular complexity index is 537. The Balaban J connectivity index is 1.92. The lowest BCUT2D eigenvalue weighted by molar-refractivity contribution is 0.266. The predicted octanol–water partition coefficient (Wildman–Crippen LogP) is 2.75. The highest BCUT2D eigenvalue weighted by molar-refractivity contribution is 5.27. The van der Waals surface area contributed by atoms with Gasteiger partial charge in [-0.2, -0.15) is 0 Å². The van der Waals surface area contributed by atoms with E-state index in [1.54, 1.807) is 0 Å². The first-order valence-corrected chi connectivity index (χ1v) is 6.02. The number of H-pyrrole nitrogens is 1. The fraction of sp³-hybridized carbons (Fsp3) is 0.357. The minimum absolute atomic E-state index is 0.252. The lowest BCUT2D eigenvalue weighted by Crippen LogP contribution is -1.97. The highest BCUT2D eigenvalue weighted by atomic mass is 16.5. The van der Waals surface area contributed by atoms with Gasteiger partial charge in [0.2, 0.25) is 0 Å². The van der Waals surface area contributed by atoms with Gasteiger partial charge < -0.3 is 9.15 Å². The second kappa shape index (κ2) is 5.58. The Kier molecular flexibility index (Phi) is 3.87. The third-order valence-electron chi connectivity index (χ3n) is 2.52. The number of aromatic nitrogens is 1. The highest BCUT2D eigenvalue weighted by Gasteiger charge is 2.02. The van der Waals surface area contributed by atoms with E-state index in [0.29, 0.717) is 11.7 Å². The zero-order chi connectivity index (χ0) is 13.0. The molecule has 0 fully saturated rings. The number of hydrogen-bond acceptors (Lipinski definition) is 3. The number of ether oxygens (including phenoxy) is 1. The fourth-order valence-corrected chi connectivity index (χ4v) is 1.74. The summed E-state index contributed by atoms with van der Waals surface area (Å²) in [5.74, 6) is 1.45. The third-order valence-corrected chi connectivity index (χ3v) is 2.52. The van der Waals surface area contributed by atoms with E-state index in [-0.39, 0.29) is 6.61 Å². The van der Waals surface area contributed by atoms with Crippen LogP contribution in [-0.2, 0) is 13.0 Å².